The molecule has 0 saturated heterocycles. The van der Waals surface area contributed by atoms with Crippen molar-refractivity contribution in [3.63, 3.8) is 0 Å². The van der Waals surface area contributed by atoms with E-state index in [1.165, 1.54) is 7.11 Å². The Kier molecular flexibility index (Phi) is 5.57. The molecule has 1 aromatic heterocycles. The van der Waals surface area contributed by atoms with E-state index in [-0.39, 0.29) is 16.7 Å². The summed E-state index contributed by atoms with van der Waals surface area (Å²) in [6.07, 6.45) is 3.60. The topological polar surface area (TPSA) is 73.2 Å². The van der Waals surface area contributed by atoms with Crippen LogP contribution in [-0.4, -0.2) is 43.6 Å². The van der Waals surface area contributed by atoms with Crippen LogP contribution in [0.2, 0.25) is 0 Å². The van der Waals surface area contributed by atoms with Crippen LogP contribution in [-0.2, 0) is 16.4 Å². The molecule has 1 aromatic carbocycles. The molecule has 120 valence electrons. The summed E-state index contributed by atoms with van der Waals surface area (Å²) in [7, 11) is -1.80. The van der Waals surface area contributed by atoms with Crippen LogP contribution in [0.15, 0.2) is 47.6 Å². The third-order valence-electron chi connectivity index (χ3n) is 3.28. The molecule has 0 aliphatic carbocycles. The normalized spacial score (nSPS) is 13.0. The van der Waals surface area contributed by atoms with Crippen molar-refractivity contribution in [1.29, 1.82) is 0 Å². The SMILES string of the molecule is COc1cccc(S(=O)(=O)CCN[C@H](C)Cn2cccn2)c1. The van der Waals surface area contributed by atoms with Gasteiger partial charge in [0, 0.05) is 25.0 Å². The molecule has 0 bridgehead atoms. The minimum absolute atomic E-state index is 0.0453. The summed E-state index contributed by atoms with van der Waals surface area (Å²) in [6, 6.07) is 8.54. The van der Waals surface area contributed by atoms with E-state index in [0.29, 0.717) is 18.8 Å². The summed E-state index contributed by atoms with van der Waals surface area (Å²) in [5.41, 5.74) is 0. The molecule has 2 aromatic rings. The van der Waals surface area contributed by atoms with Gasteiger partial charge in [-0.2, -0.15) is 5.10 Å². The highest BCUT2D eigenvalue weighted by Gasteiger charge is 2.15. The minimum Gasteiger partial charge on any atom is -0.497 e. The molecule has 0 radical (unpaired) electrons. The molecular formula is C15H21N3O3S. The average molecular weight is 323 g/mol. The second-order valence-electron chi connectivity index (χ2n) is 5.08. The van der Waals surface area contributed by atoms with Crippen LogP contribution >= 0.6 is 0 Å². The maximum atomic E-state index is 12.3. The monoisotopic (exact) mass is 323 g/mol. The van der Waals surface area contributed by atoms with Crippen LogP contribution in [0.5, 0.6) is 5.75 Å². The van der Waals surface area contributed by atoms with Crippen LogP contribution in [0.1, 0.15) is 6.92 Å². The van der Waals surface area contributed by atoms with Crippen molar-refractivity contribution in [2.75, 3.05) is 19.4 Å². The smallest absolute Gasteiger partial charge is 0.179 e. The third-order valence-corrected chi connectivity index (χ3v) is 5.00. The Labute approximate surface area is 131 Å². The van der Waals surface area contributed by atoms with Gasteiger partial charge in [0.25, 0.3) is 0 Å². The fraction of sp³-hybridized carbons (Fsp3) is 0.400. The first-order valence-corrected chi connectivity index (χ1v) is 8.74. The molecule has 1 atom stereocenters. The lowest BCUT2D eigenvalue weighted by Crippen LogP contribution is -2.34. The molecule has 0 unspecified atom stereocenters. The number of ether oxygens (including phenoxy) is 1. The summed E-state index contributed by atoms with van der Waals surface area (Å²) >= 11 is 0. The van der Waals surface area contributed by atoms with Crippen molar-refractivity contribution < 1.29 is 13.2 Å². The van der Waals surface area contributed by atoms with Crippen LogP contribution < -0.4 is 10.1 Å². The largest absolute Gasteiger partial charge is 0.497 e. The number of sulfone groups is 1. The Morgan fingerprint density at radius 3 is 2.86 bits per heavy atom. The minimum atomic E-state index is -3.32. The van der Waals surface area contributed by atoms with E-state index in [1.807, 2.05) is 23.9 Å². The number of nitrogens with zero attached hydrogens (tertiary/aromatic N) is 2. The molecule has 0 aliphatic rings. The van der Waals surface area contributed by atoms with Crippen LogP contribution in [0.3, 0.4) is 0 Å². The maximum absolute atomic E-state index is 12.3. The molecule has 0 aliphatic heterocycles. The van der Waals surface area contributed by atoms with Crippen molar-refractivity contribution in [1.82, 2.24) is 15.1 Å². The van der Waals surface area contributed by atoms with Gasteiger partial charge in [-0.05, 0) is 31.2 Å². The number of methoxy groups -OCH3 is 1. The van der Waals surface area contributed by atoms with E-state index < -0.39 is 9.84 Å². The second-order valence-corrected chi connectivity index (χ2v) is 7.19. The number of hydrogen-bond acceptors (Lipinski definition) is 5. The van der Waals surface area contributed by atoms with Gasteiger partial charge in [-0.25, -0.2) is 8.42 Å². The number of benzene rings is 1. The molecule has 1 heterocycles. The molecule has 0 spiro atoms. The highest BCUT2D eigenvalue weighted by Crippen LogP contribution is 2.17. The summed E-state index contributed by atoms with van der Waals surface area (Å²) in [6.45, 7) is 3.09. The highest BCUT2D eigenvalue weighted by molar-refractivity contribution is 7.91. The zero-order valence-corrected chi connectivity index (χ0v) is 13.6. The van der Waals surface area contributed by atoms with Crippen molar-refractivity contribution >= 4 is 9.84 Å². The summed E-state index contributed by atoms with van der Waals surface area (Å²) in [5, 5.41) is 7.33. The van der Waals surface area contributed by atoms with Crippen LogP contribution in [0.25, 0.3) is 0 Å². The predicted octanol–water partition coefficient (Wildman–Crippen LogP) is 1.34. The molecule has 6 nitrogen and oxygen atoms in total. The van der Waals surface area contributed by atoms with E-state index in [9.17, 15) is 8.42 Å². The standard InChI is InChI=1S/C15H21N3O3S/c1-13(12-18-9-4-7-17-18)16-8-10-22(19,20)15-6-3-5-14(11-15)21-2/h3-7,9,11,13,16H,8,10,12H2,1-2H3/t13-/m1/s1. The number of aromatic nitrogens is 2. The van der Waals surface area contributed by atoms with Crippen molar-refractivity contribution in [3.8, 4) is 5.75 Å². The first-order valence-electron chi connectivity index (χ1n) is 7.09. The lowest BCUT2D eigenvalue weighted by atomic mass is 10.3. The van der Waals surface area contributed by atoms with E-state index in [2.05, 4.69) is 10.4 Å². The summed E-state index contributed by atoms with van der Waals surface area (Å²) in [4.78, 5) is 0.286. The Bertz CT molecular complexity index is 684. The Balaban J connectivity index is 1.87. The third kappa shape index (κ3) is 4.57. The van der Waals surface area contributed by atoms with Crippen molar-refractivity contribution in [2.45, 2.75) is 24.4 Å². The molecule has 0 amide bonds. The Hall–Kier alpha value is -1.86. The number of nitrogens with one attached hydrogen (secondary N) is 1. The van der Waals surface area contributed by atoms with E-state index >= 15 is 0 Å². The molecule has 0 fully saturated rings. The van der Waals surface area contributed by atoms with E-state index in [1.54, 1.807) is 30.5 Å². The van der Waals surface area contributed by atoms with Crippen LogP contribution in [0.4, 0.5) is 0 Å². The number of hydrogen-bond donors (Lipinski definition) is 1. The summed E-state index contributed by atoms with van der Waals surface area (Å²) < 4.78 is 31.4. The van der Waals surface area contributed by atoms with E-state index in [4.69, 9.17) is 4.74 Å². The first kappa shape index (κ1) is 16.5. The van der Waals surface area contributed by atoms with E-state index in [0.717, 1.165) is 0 Å². The lowest BCUT2D eigenvalue weighted by molar-refractivity contribution is 0.413. The lowest BCUT2D eigenvalue weighted by Gasteiger charge is -2.14. The number of rotatable bonds is 8. The van der Waals surface area contributed by atoms with Gasteiger partial charge in [0.1, 0.15) is 5.75 Å². The van der Waals surface area contributed by atoms with Gasteiger partial charge in [0.05, 0.1) is 24.3 Å². The van der Waals surface area contributed by atoms with Gasteiger partial charge in [-0.3, -0.25) is 4.68 Å². The van der Waals surface area contributed by atoms with Crippen molar-refractivity contribution in [3.05, 3.63) is 42.7 Å². The fourth-order valence-corrected chi connectivity index (χ4v) is 3.31. The fourth-order valence-electron chi connectivity index (χ4n) is 2.11. The molecule has 22 heavy (non-hydrogen) atoms. The second kappa shape index (κ2) is 7.42. The van der Waals surface area contributed by atoms with Gasteiger partial charge in [-0.15, -0.1) is 0 Å². The summed E-state index contributed by atoms with van der Waals surface area (Å²) in [5.74, 6) is 0.588. The zero-order chi connectivity index (χ0) is 16.0. The van der Waals surface area contributed by atoms with Gasteiger partial charge >= 0.3 is 0 Å². The Morgan fingerprint density at radius 1 is 1.36 bits per heavy atom. The molecule has 0 saturated carbocycles. The Morgan fingerprint density at radius 2 is 2.18 bits per heavy atom. The van der Waals surface area contributed by atoms with Crippen LogP contribution in [0, 0.1) is 0 Å². The molecule has 7 heteroatoms. The molecular weight excluding hydrogens is 302 g/mol. The van der Waals surface area contributed by atoms with Gasteiger partial charge < -0.3 is 10.1 Å². The predicted molar refractivity (Wildman–Crippen MR) is 84.7 cm³/mol. The van der Waals surface area contributed by atoms with Crippen molar-refractivity contribution in [2.24, 2.45) is 0 Å². The molecule has 1 N–H and O–H groups in total. The highest BCUT2D eigenvalue weighted by atomic mass is 32.2. The molecule has 2 rings (SSSR count). The van der Waals surface area contributed by atoms with Gasteiger partial charge in [0.15, 0.2) is 9.84 Å². The maximum Gasteiger partial charge on any atom is 0.179 e. The van der Waals surface area contributed by atoms with Gasteiger partial charge in [-0.1, -0.05) is 6.07 Å². The first-order chi connectivity index (χ1) is 10.5. The quantitative estimate of drug-likeness (QED) is 0.794. The van der Waals surface area contributed by atoms with Gasteiger partial charge in [0.2, 0.25) is 0 Å². The zero-order valence-electron chi connectivity index (χ0n) is 12.8. The average Bonchev–Trinajstić information content (AvgIpc) is 3.00.